The molecule has 0 saturated heterocycles. The van der Waals surface area contributed by atoms with E-state index in [0.717, 1.165) is 20.7 Å². The van der Waals surface area contributed by atoms with Gasteiger partial charge in [0.1, 0.15) is 11.9 Å². The van der Waals surface area contributed by atoms with E-state index in [9.17, 15) is 9.90 Å². The van der Waals surface area contributed by atoms with Crippen molar-refractivity contribution in [1.29, 1.82) is 0 Å². The fourth-order valence-electron chi connectivity index (χ4n) is 3.61. The minimum Gasteiger partial charge on any atom is -0.497 e. The van der Waals surface area contributed by atoms with Crippen molar-refractivity contribution in [1.82, 2.24) is 0 Å². The van der Waals surface area contributed by atoms with Crippen molar-refractivity contribution >= 4 is 33.5 Å². The number of thioether (sulfide) groups is 1. The number of rotatable bonds is 6. The highest BCUT2D eigenvalue weighted by molar-refractivity contribution is 9.10. The van der Waals surface area contributed by atoms with Crippen LogP contribution in [0, 0.1) is 0 Å². The van der Waals surface area contributed by atoms with Crippen LogP contribution in [0.15, 0.2) is 45.8 Å². The molecule has 1 aliphatic carbocycles. The number of halogens is 2. The highest BCUT2D eigenvalue weighted by Gasteiger charge is 2.53. The zero-order valence-electron chi connectivity index (χ0n) is 15.5. The average molecular weight is 453 g/mol. The molecule has 2 aromatic carbocycles. The van der Waals surface area contributed by atoms with Crippen molar-refractivity contribution in [3.8, 4) is 5.75 Å². The summed E-state index contributed by atoms with van der Waals surface area (Å²) in [5.74, 6) is 0.0132. The van der Waals surface area contributed by atoms with E-state index in [1.54, 1.807) is 7.11 Å². The Kier molecular flexibility index (Phi) is 5.99. The normalized spacial score (nSPS) is 22.4. The summed E-state index contributed by atoms with van der Waals surface area (Å²) in [6.07, 6.45) is 0.359. The van der Waals surface area contributed by atoms with Crippen molar-refractivity contribution in [2.75, 3.05) is 13.4 Å². The molecule has 0 saturated carbocycles. The lowest BCUT2D eigenvalue weighted by Gasteiger charge is -2.24. The van der Waals surface area contributed by atoms with Gasteiger partial charge in [-0.25, -0.2) is 4.39 Å². The Balaban J connectivity index is 1.83. The van der Waals surface area contributed by atoms with Gasteiger partial charge in [0, 0.05) is 27.8 Å². The van der Waals surface area contributed by atoms with Gasteiger partial charge in [0.05, 0.1) is 7.11 Å². The number of carbonyl (C=O) groups is 1. The number of carbonyl (C=O) groups excluding carboxylic acids is 1. The number of ether oxygens (including phenoxy) is 1. The molecule has 0 unspecified atom stereocenters. The Labute approximate surface area is 171 Å². The monoisotopic (exact) mass is 452 g/mol. The summed E-state index contributed by atoms with van der Waals surface area (Å²) >= 11 is 4.87. The molecule has 0 aliphatic heterocycles. The van der Waals surface area contributed by atoms with Crippen LogP contribution in [-0.4, -0.2) is 29.9 Å². The summed E-state index contributed by atoms with van der Waals surface area (Å²) in [7, 11) is 1.59. The van der Waals surface area contributed by atoms with Gasteiger partial charge in [0.25, 0.3) is 0 Å². The van der Waals surface area contributed by atoms with E-state index >= 15 is 4.39 Å². The maximum Gasteiger partial charge on any atom is 0.202 e. The quantitative estimate of drug-likeness (QED) is 0.608. The summed E-state index contributed by atoms with van der Waals surface area (Å²) < 4.78 is 21.6. The largest absolute Gasteiger partial charge is 0.497 e. The first-order chi connectivity index (χ1) is 12.8. The van der Waals surface area contributed by atoms with Crippen LogP contribution in [0.3, 0.4) is 0 Å². The van der Waals surface area contributed by atoms with E-state index in [0.29, 0.717) is 11.1 Å². The topological polar surface area (TPSA) is 46.5 Å². The molecule has 6 heteroatoms. The third-order valence-corrected chi connectivity index (χ3v) is 6.80. The van der Waals surface area contributed by atoms with Gasteiger partial charge in [-0.1, -0.05) is 35.0 Å². The molecular formula is C21H22BrFO3S. The maximum atomic E-state index is 15.7. The Bertz CT molecular complexity index is 855. The molecule has 2 aromatic rings. The molecule has 144 valence electrons. The molecule has 0 fully saturated rings. The molecule has 1 aliphatic rings. The van der Waals surface area contributed by atoms with Gasteiger partial charge in [-0.2, -0.15) is 0 Å². The molecule has 3 rings (SSSR count). The number of aliphatic hydroxyl groups is 1. The minimum absolute atomic E-state index is 0.0279. The average Bonchev–Trinajstić information content (AvgIpc) is 2.96. The zero-order valence-corrected chi connectivity index (χ0v) is 17.9. The molecule has 0 aromatic heterocycles. The molecule has 27 heavy (non-hydrogen) atoms. The van der Waals surface area contributed by atoms with Crippen molar-refractivity contribution < 1.29 is 19.0 Å². The van der Waals surface area contributed by atoms with Crippen LogP contribution in [0.25, 0.3) is 0 Å². The lowest BCUT2D eigenvalue weighted by Crippen LogP contribution is -2.39. The van der Waals surface area contributed by atoms with Gasteiger partial charge in [0.2, 0.25) is 5.67 Å². The summed E-state index contributed by atoms with van der Waals surface area (Å²) in [4.78, 5) is 13.7. The second-order valence-electron chi connectivity index (χ2n) is 6.89. The summed E-state index contributed by atoms with van der Waals surface area (Å²) in [5.41, 5.74) is -0.145. The van der Waals surface area contributed by atoms with Crippen LogP contribution in [-0.2, 0) is 11.2 Å². The predicted octanol–water partition coefficient (Wildman–Crippen LogP) is 5.24. The van der Waals surface area contributed by atoms with Crippen molar-refractivity contribution in [3.63, 3.8) is 0 Å². The maximum absolute atomic E-state index is 15.7. The van der Waals surface area contributed by atoms with Gasteiger partial charge in [0.15, 0.2) is 5.78 Å². The van der Waals surface area contributed by atoms with Crippen molar-refractivity contribution in [2.24, 2.45) is 0 Å². The van der Waals surface area contributed by atoms with Crippen LogP contribution < -0.4 is 4.74 Å². The SMILES string of the molecule is COc1ccc([C@@H](C)CC(=O)[C@@]2(F)Cc3c(Br)ccc(SC)c3[C@@H]2O)cc1. The van der Waals surface area contributed by atoms with E-state index in [4.69, 9.17) is 4.74 Å². The number of hydrogen-bond acceptors (Lipinski definition) is 4. The number of benzene rings is 2. The number of aliphatic hydroxyl groups excluding tert-OH is 1. The third kappa shape index (κ3) is 3.67. The number of ketones is 1. The summed E-state index contributed by atoms with van der Waals surface area (Å²) in [6, 6.07) is 11.1. The Morgan fingerprint density at radius 3 is 2.63 bits per heavy atom. The second kappa shape index (κ2) is 7.94. The van der Waals surface area contributed by atoms with Gasteiger partial charge in [-0.15, -0.1) is 11.8 Å². The fourth-order valence-corrected chi connectivity index (χ4v) is 4.75. The molecule has 0 spiro atoms. The Morgan fingerprint density at radius 2 is 2.04 bits per heavy atom. The van der Waals surface area contributed by atoms with Gasteiger partial charge < -0.3 is 9.84 Å². The first kappa shape index (κ1) is 20.4. The number of fused-ring (bicyclic) bond motifs is 1. The lowest BCUT2D eigenvalue weighted by atomic mass is 9.86. The van der Waals surface area contributed by atoms with E-state index in [1.165, 1.54) is 11.8 Å². The molecule has 1 N–H and O–H groups in total. The molecule has 0 bridgehead atoms. The second-order valence-corrected chi connectivity index (χ2v) is 8.59. The number of alkyl halides is 1. The van der Waals surface area contributed by atoms with Gasteiger partial charge in [-0.3, -0.25) is 4.79 Å². The van der Waals surface area contributed by atoms with Gasteiger partial charge in [-0.05, 0) is 47.6 Å². The van der Waals surface area contributed by atoms with Crippen molar-refractivity contribution in [2.45, 2.75) is 42.4 Å². The smallest absolute Gasteiger partial charge is 0.202 e. The molecule has 0 radical (unpaired) electrons. The molecule has 0 amide bonds. The molecule has 3 nitrogen and oxygen atoms in total. The molecule has 3 atom stereocenters. The minimum atomic E-state index is -2.29. The van der Waals surface area contributed by atoms with Crippen molar-refractivity contribution in [3.05, 3.63) is 57.6 Å². The molecular weight excluding hydrogens is 431 g/mol. The highest BCUT2D eigenvalue weighted by Crippen LogP contribution is 2.49. The lowest BCUT2D eigenvalue weighted by molar-refractivity contribution is -0.138. The molecule has 0 heterocycles. The number of Topliss-reactive ketones (excluding diaryl/α,β-unsaturated/α-hetero) is 1. The van der Waals surface area contributed by atoms with Crippen LogP contribution >= 0.6 is 27.7 Å². The first-order valence-electron chi connectivity index (χ1n) is 8.71. The standard InChI is InChI=1S/C21H22BrFO3S/c1-12(13-4-6-14(26-2)7-5-13)10-18(24)21(23)11-15-16(22)8-9-17(27-3)19(15)20(21)25/h4-9,12,20,25H,10-11H2,1-3H3/t12-,20-,21-/m0/s1. The van der Waals surface area contributed by atoms with Crippen LogP contribution in [0.5, 0.6) is 5.75 Å². The number of hydrogen-bond donors (Lipinski definition) is 1. The fraction of sp³-hybridized carbons (Fsp3) is 0.381. The number of methoxy groups -OCH3 is 1. The van der Waals surface area contributed by atoms with E-state index in [2.05, 4.69) is 15.9 Å². The van der Waals surface area contributed by atoms with Gasteiger partial charge >= 0.3 is 0 Å². The van der Waals surface area contributed by atoms with Crippen LogP contribution in [0.2, 0.25) is 0 Å². The van der Waals surface area contributed by atoms with Crippen LogP contribution in [0.1, 0.15) is 42.1 Å². The summed E-state index contributed by atoms with van der Waals surface area (Å²) in [5, 5.41) is 10.7. The van der Waals surface area contributed by atoms with Crippen LogP contribution in [0.4, 0.5) is 4.39 Å². The Hall–Kier alpha value is -1.37. The van der Waals surface area contributed by atoms with E-state index in [-0.39, 0.29) is 18.8 Å². The van der Waals surface area contributed by atoms with E-state index < -0.39 is 17.6 Å². The predicted molar refractivity (Wildman–Crippen MR) is 109 cm³/mol. The highest BCUT2D eigenvalue weighted by atomic mass is 79.9. The third-order valence-electron chi connectivity index (χ3n) is 5.26. The first-order valence-corrected chi connectivity index (χ1v) is 10.7. The Morgan fingerprint density at radius 1 is 1.37 bits per heavy atom. The van der Waals surface area contributed by atoms with E-state index in [1.807, 2.05) is 49.6 Å². The summed E-state index contributed by atoms with van der Waals surface area (Å²) in [6.45, 7) is 1.89. The zero-order chi connectivity index (χ0) is 19.8.